The topological polar surface area (TPSA) is 38.7 Å². The highest BCUT2D eigenvalue weighted by Gasteiger charge is 2.20. The molecule has 0 saturated heterocycles. The van der Waals surface area contributed by atoms with Gasteiger partial charge in [-0.3, -0.25) is 0 Å². The summed E-state index contributed by atoms with van der Waals surface area (Å²) in [5, 5.41) is 10.7. The van der Waals surface area contributed by atoms with Crippen LogP contribution in [-0.2, 0) is 0 Å². The third kappa shape index (κ3) is 3.42. The average Bonchev–Trinajstić information content (AvgIpc) is 2.49. The standard InChI is InChI=1S/C16H16Br2O3/c1-9-6-14(18)11(8-13(9)17)16(19)12-7-10(20-2)4-5-15(12)21-3/h4-8,16,19H,1-3H3. The van der Waals surface area contributed by atoms with Crippen LogP contribution in [0.5, 0.6) is 11.5 Å². The van der Waals surface area contributed by atoms with Crippen molar-refractivity contribution in [1.82, 2.24) is 0 Å². The first-order valence-corrected chi connectivity index (χ1v) is 7.92. The molecule has 0 fully saturated rings. The quantitative estimate of drug-likeness (QED) is 0.791. The van der Waals surface area contributed by atoms with Gasteiger partial charge in [0.15, 0.2) is 0 Å². The molecule has 1 unspecified atom stereocenters. The fourth-order valence-electron chi connectivity index (χ4n) is 2.09. The van der Waals surface area contributed by atoms with Gasteiger partial charge >= 0.3 is 0 Å². The van der Waals surface area contributed by atoms with E-state index in [1.807, 2.05) is 19.1 Å². The first-order valence-electron chi connectivity index (χ1n) is 6.33. The molecule has 0 aliphatic carbocycles. The number of aliphatic hydroxyl groups is 1. The van der Waals surface area contributed by atoms with Crippen molar-refractivity contribution >= 4 is 31.9 Å². The van der Waals surface area contributed by atoms with E-state index in [-0.39, 0.29) is 0 Å². The van der Waals surface area contributed by atoms with Crippen molar-refractivity contribution in [3.8, 4) is 11.5 Å². The third-order valence-electron chi connectivity index (χ3n) is 3.30. The number of benzene rings is 2. The predicted octanol–water partition coefficient (Wildman–Crippen LogP) is 4.62. The number of ether oxygens (including phenoxy) is 2. The minimum Gasteiger partial charge on any atom is -0.497 e. The number of aliphatic hydroxyl groups excluding tert-OH is 1. The van der Waals surface area contributed by atoms with Crippen LogP contribution in [0.3, 0.4) is 0 Å². The van der Waals surface area contributed by atoms with Gasteiger partial charge in [-0.05, 0) is 42.8 Å². The van der Waals surface area contributed by atoms with E-state index in [0.717, 1.165) is 20.1 Å². The van der Waals surface area contributed by atoms with Crippen molar-refractivity contribution < 1.29 is 14.6 Å². The van der Waals surface area contributed by atoms with Crippen LogP contribution in [0, 0.1) is 6.92 Å². The molecule has 2 rings (SSSR count). The molecule has 0 amide bonds. The molecule has 0 aromatic heterocycles. The molecule has 0 bridgehead atoms. The maximum Gasteiger partial charge on any atom is 0.125 e. The van der Waals surface area contributed by atoms with Gasteiger partial charge in [-0.2, -0.15) is 0 Å². The number of rotatable bonds is 4. The van der Waals surface area contributed by atoms with Gasteiger partial charge in [0.05, 0.1) is 14.2 Å². The molecule has 0 aliphatic rings. The molecule has 1 N–H and O–H groups in total. The lowest BCUT2D eigenvalue weighted by Gasteiger charge is -2.18. The number of hydrogen-bond donors (Lipinski definition) is 1. The lowest BCUT2D eigenvalue weighted by molar-refractivity contribution is 0.213. The maximum absolute atomic E-state index is 10.7. The zero-order valence-electron chi connectivity index (χ0n) is 12.0. The van der Waals surface area contributed by atoms with Gasteiger partial charge in [0.1, 0.15) is 17.6 Å². The Hall–Kier alpha value is -1.04. The predicted molar refractivity (Wildman–Crippen MR) is 90.2 cm³/mol. The van der Waals surface area contributed by atoms with Crippen molar-refractivity contribution in [2.45, 2.75) is 13.0 Å². The Balaban J connectivity index is 2.53. The summed E-state index contributed by atoms with van der Waals surface area (Å²) < 4.78 is 12.4. The van der Waals surface area contributed by atoms with Crippen LogP contribution in [0.25, 0.3) is 0 Å². The average molecular weight is 416 g/mol. The Morgan fingerprint density at radius 2 is 1.67 bits per heavy atom. The van der Waals surface area contributed by atoms with E-state index >= 15 is 0 Å². The minimum absolute atomic E-state index is 0.617. The fourth-order valence-corrected chi connectivity index (χ4v) is 3.13. The summed E-state index contributed by atoms with van der Waals surface area (Å²) in [6.45, 7) is 2.00. The van der Waals surface area contributed by atoms with Crippen molar-refractivity contribution in [3.63, 3.8) is 0 Å². The minimum atomic E-state index is -0.818. The summed E-state index contributed by atoms with van der Waals surface area (Å²) in [5.74, 6) is 1.29. The van der Waals surface area contributed by atoms with Gasteiger partial charge in [-0.1, -0.05) is 31.9 Å². The second-order valence-electron chi connectivity index (χ2n) is 4.63. The third-order valence-corrected chi connectivity index (χ3v) is 4.85. The van der Waals surface area contributed by atoms with Crippen molar-refractivity contribution in [2.24, 2.45) is 0 Å². The first kappa shape index (κ1) is 16.3. The van der Waals surface area contributed by atoms with Gasteiger partial charge in [0.25, 0.3) is 0 Å². The molecule has 112 valence electrons. The summed E-state index contributed by atoms with van der Waals surface area (Å²) in [4.78, 5) is 0. The summed E-state index contributed by atoms with van der Waals surface area (Å²) in [6, 6.07) is 9.24. The molecule has 2 aromatic carbocycles. The van der Waals surface area contributed by atoms with Crippen LogP contribution in [0.1, 0.15) is 22.8 Å². The summed E-state index contributed by atoms with van der Waals surface area (Å²) in [5.41, 5.74) is 2.52. The number of hydrogen-bond acceptors (Lipinski definition) is 3. The lowest BCUT2D eigenvalue weighted by atomic mass is 9.99. The maximum atomic E-state index is 10.7. The van der Waals surface area contributed by atoms with Gasteiger partial charge in [0, 0.05) is 20.1 Å². The highest BCUT2D eigenvalue weighted by Crippen LogP contribution is 2.37. The Morgan fingerprint density at radius 1 is 0.952 bits per heavy atom. The Bertz CT molecular complexity index is 656. The summed E-state index contributed by atoms with van der Waals surface area (Å²) in [7, 11) is 3.18. The summed E-state index contributed by atoms with van der Waals surface area (Å²) in [6.07, 6.45) is -0.818. The molecule has 0 radical (unpaired) electrons. The fraction of sp³-hybridized carbons (Fsp3) is 0.250. The second-order valence-corrected chi connectivity index (χ2v) is 6.34. The molecule has 3 nitrogen and oxygen atoms in total. The van der Waals surface area contributed by atoms with Crippen LogP contribution >= 0.6 is 31.9 Å². The monoisotopic (exact) mass is 414 g/mol. The van der Waals surface area contributed by atoms with Gasteiger partial charge in [-0.15, -0.1) is 0 Å². The molecule has 2 aromatic rings. The SMILES string of the molecule is COc1ccc(OC)c(C(O)c2cc(Br)c(C)cc2Br)c1. The van der Waals surface area contributed by atoms with Crippen LogP contribution in [0.4, 0.5) is 0 Å². The highest BCUT2D eigenvalue weighted by molar-refractivity contribution is 9.11. The molecule has 1 atom stereocenters. The zero-order valence-corrected chi connectivity index (χ0v) is 15.2. The molecule has 21 heavy (non-hydrogen) atoms. The van der Waals surface area contributed by atoms with E-state index in [2.05, 4.69) is 31.9 Å². The van der Waals surface area contributed by atoms with Gasteiger partial charge in [-0.25, -0.2) is 0 Å². The largest absolute Gasteiger partial charge is 0.497 e. The number of aryl methyl sites for hydroxylation is 1. The van der Waals surface area contributed by atoms with Crippen molar-refractivity contribution in [2.75, 3.05) is 14.2 Å². The Morgan fingerprint density at radius 3 is 2.29 bits per heavy atom. The van der Waals surface area contributed by atoms with Crippen LogP contribution < -0.4 is 9.47 Å². The van der Waals surface area contributed by atoms with Crippen molar-refractivity contribution in [3.05, 3.63) is 56.0 Å². The molecular formula is C16H16Br2O3. The van der Waals surface area contributed by atoms with Crippen LogP contribution in [-0.4, -0.2) is 19.3 Å². The van der Waals surface area contributed by atoms with Gasteiger partial charge in [0.2, 0.25) is 0 Å². The second kappa shape index (κ2) is 6.81. The molecule has 0 heterocycles. The Kier molecular flexibility index (Phi) is 5.30. The van der Waals surface area contributed by atoms with E-state index in [1.54, 1.807) is 32.4 Å². The smallest absolute Gasteiger partial charge is 0.125 e. The first-order chi connectivity index (χ1) is 9.97. The number of halogens is 2. The van der Waals surface area contributed by atoms with Gasteiger partial charge < -0.3 is 14.6 Å². The van der Waals surface area contributed by atoms with E-state index < -0.39 is 6.10 Å². The normalized spacial score (nSPS) is 12.1. The Labute approximate surface area is 141 Å². The van der Waals surface area contributed by atoms with Crippen LogP contribution in [0.2, 0.25) is 0 Å². The lowest BCUT2D eigenvalue weighted by Crippen LogP contribution is -2.04. The van der Waals surface area contributed by atoms with E-state index in [9.17, 15) is 5.11 Å². The molecule has 0 spiro atoms. The van der Waals surface area contributed by atoms with E-state index in [1.165, 1.54) is 0 Å². The molecule has 0 aliphatic heterocycles. The highest BCUT2D eigenvalue weighted by atomic mass is 79.9. The zero-order chi connectivity index (χ0) is 15.6. The molecule has 0 saturated carbocycles. The van der Waals surface area contributed by atoms with E-state index in [4.69, 9.17) is 9.47 Å². The molecular weight excluding hydrogens is 400 g/mol. The number of methoxy groups -OCH3 is 2. The van der Waals surface area contributed by atoms with E-state index in [0.29, 0.717) is 17.1 Å². The van der Waals surface area contributed by atoms with Crippen LogP contribution in [0.15, 0.2) is 39.3 Å². The molecule has 5 heteroatoms. The summed E-state index contributed by atoms with van der Waals surface area (Å²) >= 11 is 7.01. The van der Waals surface area contributed by atoms with Crippen molar-refractivity contribution in [1.29, 1.82) is 0 Å².